The number of hydrogen-bond acceptors (Lipinski definition) is 4. The van der Waals surface area contributed by atoms with E-state index in [2.05, 4.69) is 22.2 Å². The van der Waals surface area contributed by atoms with Gasteiger partial charge < -0.3 is 10.1 Å². The number of carbonyl (C=O) groups excluding carboxylic acids is 2. The van der Waals surface area contributed by atoms with Crippen LogP contribution in [0.25, 0.3) is 0 Å². The fourth-order valence-corrected chi connectivity index (χ4v) is 4.72. The van der Waals surface area contributed by atoms with Gasteiger partial charge in [-0.15, -0.1) is 0 Å². The summed E-state index contributed by atoms with van der Waals surface area (Å²) in [7, 11) is 0. The monoisotopic (exact) mass is 421 g/mol. The number of nitrogens with one attached hydrogen (secondary N) is 3. The summed E-state index contributed by atoms with van der Waals surface area (Å²) in [6.07, 6.45) is 6.32. The zero-order valence-electron chi connectivity index (χ0n) is 18.0. The molecule has 1 saturated heterocycles. The number of rotatable bonds is 7. The van der Waals surface area contributed by atoms with Gasteiger partial charge in [0.25, 0.3) is 5.91 Å². The number of carbonyl (C=O) groups is 2. The van der Waals surface area contributed by atoms with Crippen LogP contribution in [0.3, 0.4) is 0 Å². The number of ether oxygens (including phenoxy) is 1. The lowest BCUT2D eigenvalue weighted by atomic mass is 9.72. The average Bonchev–Trinajstić information content (AvgIpc) is 2.79. The van der Waals surface area contributed by atoms with Crippen LogP contribution >= 0.6 is 0 Å². The SMILES string of the molecule is Cc1ccc(OCC(=O)Nc2cccc(CCC3NNC(=O)C4CCCCC34)c2)cc1. The lowest BCUT2D eigenvalue weighted by Gasteiger charge is -2.41. The Morgan fingerprint density at radius 3 is 2.77 bits per heavy atom. The second-order valence-electron chi connectivity index (χ2n) is 8.68. The second-order valence-corrected chi connectivity index (χ2v) is 8.68. The molecule has 0 aromatic heterocycles. The molecule has 6 nitrogen and oxygen atoms in total. The highest BCUT2D eigenvalue weighted by Crippen LogP contribution is 2.35. The minimum Gasteiger partial charge on any atom is -0.484 e. The first-order valence-corrected chi connectivity index (χ1v) is 11.2. The number of fused-ring (bicyclic) bond motifs is 1. The molecule has 2 amide bonds. The molecule has 2 aromatic rings. The van der Waals surface area contributed by atoms with Crippen LogP contribution in [0.15, 0.2) is 48.5 Å². The van der Waals surface area contributed by atoms with E-state index in [-0.39, 0.29) is 24.3 Å². The van der Waals surface area contributed by atoms with Crippen molar-refractivity contribution in [3.05, 3.63) is 59.7 Å². The van der Waals surface area contributed by atoms with Crippen LogP contribution in [0, 0.1) is 18.8 Å². The summed E-state index contributed by atoms with van der Waals surface area (Å²) in [4.78, 5) is 24.4. The average molecular weight is 422 g/mol. The first-order chi connectivity index (χ1) is 15.1. The molecule has 3 unspecified atom stereocenters. The van der Waals surface area contributed by atoms with Crippen molar-refractivity contribution in [3.63, 3.8) is 0 Å². The summed E-state index contributed by atoms with van der Waals surface area (Å²) < 4.78 is 5.56. The van der Waals surface area contributed by atoms with Gasteiger partial charge in [-0.1, -0.05) is 42.7 Å². The Labute approximate surface area is 183 Å². The van der Waals surface area contributed by atoms with Gasteiger partial charge in [0.2, 0.25) is 5.91 Å². The fraction of sp³-hybridized carbons (Fsp3) is 0.440. The molecule has 1 aliphatic carbocycles. The van der Waals surface area contributed by atoms with Gasteiger partial charge in [-0.2, -0.15) is 0 Å². The predicted octanol–water partition coefficient (Wildman–Crippen LogP) is 3.75. The quantitative estimate of drug-likeness (QED) is 0.636. The van der Waals surface area contributed by atoms with E-state index in [4.69, 9.17) is 4.74 Å². The smallest absolute Gasteiger partial charge is 0.262 e. The van der Waals surface area contributed by atoms with Gasteiger partial charge in [0.05, 0.1) is 0 Å². The lowest BCUT2D eigenvalue weighted by Crippen LogP contribution is -2.59. The van der Waals surface area contributed by atoms with Gasteiger partial charge in [-0.25, -0.2) is 5.43 Å². The molecule has 0 spiro atoms. The van der Waals surface area contributed by atoms with Gasteiger partial charge in [0, 0.05) is 17.6 Å². The van der Waals surface area contributed by atoms with Crippen molar-refractivity contribution in [2.75, 3.05) is 11.9 Å². The molecule has 1 aliphatic heterocycles. The van der Waals surface area contributed by atoms with Crippen LogP contribution in [-0.2, 0) is 16.0 Å². The van der Waals surface area contributed by atoms with Crippen molar-refractivity contribution in [2.45, 2.75) is 51.5 Å². The first-order valence-electron chi connectivity index (χ1n) is 11.2. The lowest BCUT2D eigenvalue weighted by molar-refractivity contribution is -0.133. The van der Waals surface area contributed by atoms with Crippen molar-refractivity contribution in [1.29, 1.82) is 0 Å². The Morgan fingerprint density at radius 2 is 1.94 bits per heavy atom. The molecular weight excluding hydrogens is 390 g/mol. The van der Waals surface area contributed by atoms with E-state index in [1.165, 1.54) is 12.0 Å². The van der Waals surface area contributed by atoms with Crippen molar-refractivity contribution >= 4 is 17.5 Å². The third-order valence-electron chi connectivity index (χ3n) is 6.40. The minimum atomic E-state index is -0.181. The molecule has 3 N–H and O–H groups in total. The fourth-order valence-electron chi connectivity index (χ4n) is 4.72. The molecule has 2 aromatic carbocycles. The molecule has 0 radical (unpaired) electrons. The zero-order valence-corrected chi connectivity index (χ0v) is 18.0. The molecule has 6 heteroatoms. The number of aryl methyl sites for hydroxylation is 2. The molecule has 4 rings (SSSR count). The topological polar surface area (TPSA) is 79.5 Å². The summed E-state index contributed by atoms with van der Waals surface area (Å²) >= 11 is 0. The van der Waals surface area contributed by atoms with E-state index in [0.29, 0.717) is 17.7 Å². The summed E-state index contributed by atoms with van der Waals surface area (Å²) in [5.41, 5.74) is 9.21. The van der Waals surface area contributed by atoms with Crippen molar-refractivity contribution in [3.8, 4) is 5.75 Å². The summed E-state index contributed by atoms with van der Waals surface area (Å²) in [6.45, 7) is 1.99. The van der Waals surface area contributed by atoms with E-state index < -0.39 is 0 Å². The molecule has 31 heavy (non-hydrogen) atoms. The van der Waals surface area contributed by atoms with Gasteiger partial charge >= 0.3 is 0 Å². The van der Waals surface area contributed by atoms with E-state index in [9.17, 15) is 9.59 Å². The van der Waals surface area contributed by atoms with Crippen LogP contribution < -0.4 is 20.9 Å². The maximum absolute atomic E-state index is 12.3. The highest BCUT2D eigenvalue weighted by Gasteiger charge is 2.39. The van der Waals surface area contributed by atoms with Crippen LogP contribution in [0.2, 0.25) is 0 Å². The second kappa shape index (κ2) is 9.96. The Morgan fingerprint density at radius 1 is 1.13 bits per heavy atom. The number of benzene rings is 2. The van der Waals surface area contributed by atoms with Crippen molar-refractivity contribution < 1.29 is 14.3 Å². The molecular formula is C25H31N3O3. The largest absolute Gasteiger partial charge is 0.484 e. The summed E-state index contributed by atoms with van der Waals surface area (Å²) in [5, 5.41) is 2.92. The summed E-state index contributed by atoms with van der Waals surface area (Å²) in [5.74, 6) is 1.23. The van der Waals surface area contributed by atoms with Crippen LogP contribution in [-0.4, -0.2) is 24.5 Å². The molecule has 164 valence electrons. The highest BCUT2D eigenvalue weighted by molar-refractivity contribution is 5.91. The maximum atomic E-state index is 12.3. The number of amides is 2. The van der Waals surface area contributed by atoms with E-state index in [0.717, 1.165) is 43.4 Å². The van der Waals surface area contributed by atoms with E-state index in [1.807, 2.05) is 49.4 Å². The number of anilines is 1. The van der Waals surface area contributed by atoms with E-state index >= 15 is 0 Å². The molecule has 2 fully saturated rings. The predicted molar refractivity (Wildman–Crippen MR) is 121 cm³/mol. The highest BCUT2D eigenvalue weighted by atomic mass is 16.5. The van der Waals surface area contributed by atoms with Gasteiger partial charge in [-0.3, -0.25) is 15.0 Å². The molecule has 2 aliphatic rings. The summed E-state index contributed by atoms with van der Waals surface area (Å²) in [6, 6.07) is 15.9. The Hall–Kier alpha value is -2.86. The van der Waals surface area contributed by atoms with E-state index in [1.54, 1.807) is 0 Å². The van der Waals surface area contributed by atoms with Gasteiger partial charge in [0.1, 0.15) is 5.75 Å². The first kappa shape index (κ1) is 21.4. The Bertz CT molecular complexity index is 912. The van der Waals surface area contributed by atoms with Gasteiger partial charge in [-0.05, 0) is 68.4 Å². The third kappa shape index (κ3) is 5.64. The maximum Gasteiger partial charge on any atom is 0.262 e. The minimum absolute atomic E-state index is 0.0257. The standard InChI is InChI=1S/C25H31N3O3/c1-17-9-12-20(13-10-17)31-16-24(29)26-19-6-4-5-18(15-19)11-14-23-21-7-2-3-8-22(21)25(30)28-27-23/h4-6,9-10,12-13,15,21-23,27H,2-3,7-8,11,14,16H2,1H3,(H,26,29)(H,28,30). The number of hydrazine groups is 1. The van der Waals surface area contributed by atoms with Crippen molar-refractivity contribution in [1.82, 2.24) is 10.9 Å². The van der Waals surface area contributed by atoms with Crippen molar-refractivity contribution in [2.24, 2.45) is 11.8 Å². The third-order valence-corrected chi connectivity index (χ3v) is 6.40. The van der Waals surface area contributed by atoms with Crippen LogP contribution in [0.5, 0.6) is 5.75 Å². The zero-order chi connectivity index (χ0) is 21.6. The Balaban J connectivity index is 1.28. The van der Waals surface area contributed by atoms with Crippen LogP contribution in [0.1, 0.15) is 43.2 Å². The molecule has 1 heterocycles. The van der Waals surface area contributed by atoms with Gasteiger partial charge in [0.15, 0.2) is 6.61 Å². The normalized spacial score (nSPS) is 22.9. The number of hydrogen-bond donors (Lipinski definition) is 3. The molecule has 0 bridgehead atoms. The molecule has 1 saturated carbocycles. The molecule has 3 atom stereocenters. The van der Waals surface area contributed by atoms with Crippen LogP contribution in [0.4, 0.5) is 5.69 Å². The Kier molecular flexibility index (Phi) is 6.87.